The van der Waals surface area contributed by atoms with Crippen LogP contribution in [0, 0.1) is 0 Å². The molecule has 0 saturated heterocycles. The van der Waals surface area contributed by atoms with E-state index in [9.17, 15) is 0 Å². The molecule has 0 aliphatic rings. The molecule has 4 N–H and O–H groups in total. The number of rotatable bonds is 5. The first-order valence-corrected chi connectivity index (χ1v) is 5.31. The van der Waals surface area contributed by atoms with Crippen molar-refractivity contribution in [1.82, 2.24) is 9.97 Å². The zero-order chi connectivity index (χ0) is 10.4. The number of anilines is 1. The van der Waals surface area contributed by atoms with E-state index in [2.05, 4.69) is 9.97 Å². The average molecular weight is 215 g/mol. The maximum Gasteiger partial charge on any atom is 0.141 e. The van der Waals surface area contributed by atoms with Gasteiger partial charge in [-0.25, -0.2) is 4.98 Å². The molecule has 0 amide bonds. The summed E-state index contributed by atoms with van der Waals surface area (Å²) < 4.78 is 0. The number of hydrogen-bond donors (Lipinski definition) is 3. The molecule has 0 saturated carbocycles. The molecular weight excluding hydrogens is 202 g/mol. The minimum absolute atomic E-state index is 0.208. The van der Waals surface area contributed by atoms with E-state index in [-0.39, 0.29) is 6.61 Å². The number of aliphatic hydroxyl groups excluding tert-OH is 2. The number of nitrogens with two attached hydrogens (primary N) is 1. The standard InChI is InChI=1S/C8H13N3O2S/c9-8-2-10-6(1-11-8)4-14-5-7(13)3-12/h1-2,7,12-13H,3-5H2,(H2,9,11). The Morgan fingerprint density at radius 2 is 2.21 bits per heavy atom. The normalized spacial score (nSPS) is 12.7. The van der Waals surface area contributed by atoms with E-state index in [0.29, 0.717) is 17.3 Å². The van der Waals surface area contributed by atoms with Gasteiger partial charge in [-0.05, 0) is 0 Å². The van der Waals surface area contributed by atoms with Gasteiger partial charge in [0.1, 0.15) is 5.82 Å². The zero-order valence-corrected chi connectivity index (χ0v) is 8.44. The molecule has 5 nitrogen and oxygen atoms in total. The first-order chi connectivity index (χ1) is 6.72. The van der Waals surface area contributed by atoms with Crippen LogP contribution in [0.5, 0.6) is 0 Å². The van der Waals surface area contributed by atoms with Gasteiger partial charge in [-0.3, -0.25) is 4.98 Å². The highest BCUT2D eigenvalue weighted by Crippen LogP contribution is 2.10. The fraction of sp³-hybridized carbons (Fsp3) is 0.500. The van der Waals surface area contributed by atoms with Gasteiger partial charge >= 0.3 is 0 Å². The molecule has 0 aromatic carbocycles. The smallest absolute Gasteiger partial charge is 0.141 e. The summed E-state index contributed by atoms with van der Waals surface area (Å²) in [7, 11) is 0. The van der Waals surface area contributed by atoms with Crippen molar-refractivity contribution in [3.05, 3.63) is 18.1 Å². The van der Waals surface area contributed by atoms with Gasteiger partial charge in [-0.1, -0.05) is 0 Å². The Hall–Kier alpha value is -0.850. The van der Waals surface area contributed by atoms with Crippen LogP contribution in [0.3, 0.4) is 0 Å². The fourth-order valence-corrected chi connectivity index (χ4v) is 1.65. The predicted octanol–water partition coefficient (Wildman–Crippen LogP) is -0.355. The minimum atomic E-state index is -0.665. The highest BCUT2D eigenvalue weighted by atomic mass is 32.2. The van der Waals surface area contributed by atoms with Crippen LogP contribution in [0.15, 0.2) is 12.4 Å². The van der Waals surface area contributed by atoms with Crippen molar-refractivity contribution >= 4 is 17.6 Å². The summed E-state index contributed by atoms with van der Waals surface area (Å²) in [5.41, 5.74) is 6.19. The first kappa shape index (κ1) is 11.2. The van der Waals surface area contributed by atoms with Crippen LogP contribution in [-0.2, 0) is 5.75 Å². The number of aromatic nitrogens is 2. The third-order valence-electron chi connectivity index (χ3n) is 1.50. The lowest BCUT2D eigenvalue weighted by Gasteiger charge is -2.05. The Kier molecular flexibility index (Phi) is 4.64. The highest BCUT2D eigenvalue weighted by molar-refractivity contribution is 7.98. The topological polar surface area (TPSA) is 92.3 Å². The lowest BCUT2D eigenvalue weighted by molar-refractivity contribution is 0.113. The SMILES string of the molecule is Nc1cnc(CSCC(O)CO)cn1. The summed E-state index contributed by atoms with van der Waals surface area (Å²) in [5, 5.41) is 17.6. The maximum absolute atomic E-state index is 9.05. The molecule has 1 aromatic heterocycles. The van der Waals surface area contributed by atoms with Crippen molar-refractivity contribution in [1.29, 1.82) is 0 Å². The molecule has 0 fully saturated rings. The molecule has 1 unspecified atom stereocenters. The summed E-state index contributed by atoms with van der Waals surface area (Å²) in [6, 6.07) is 0. The third-order valence-corrected chi connectivity index (χ3v) is 2.62. The van der Waals surface area contributed by atoms with Crippen molar-refractivity contribution in [2.45, 2.75) is 11.9 Å². The Morgan fingerprint density at radius 3 is 2.79 bits per heavy atom. The lowest BCUT2D eigenvalue weighted by atomic mass is 10.4. The van der Waals surface area contributed by atoms with Gasteiger partial charge in [0.05, 0.1) is 30.8 Å². The largest absolute Gasteiger partial charge is 0.394 e. The zero-order valence-electron chi connectivity index (χ0n) is 7.63. The molecular formula is C8H13N3O2S. The average Bonchev–Trinajstić information content (AvgIpc) is 2.21. The van der Waals surface area contributed by atoms with Crippen molar-refractivity contribution in [2.24, 2.45) is 0 Å². The summed E-state index contributed by atoms with van der Waals surface area (Å²) in [5.74, 6) is 1.54. The summed E-state index contributed by atoms with van der Waals surface area (Å²) in [6.45, 7) is -0.208. The Labute approximate surface area is 86.4 Å². The molecule has 0 bridgehead atoms. The van der Waals surface area contributed by atoms with Crippen molar-refractivity contribution < 1.29 is 10.2 Å². The summed E-state index contributed by atoms with van der Waals surface area (Å²) in [6.07, 6.45) is 2.44. The molecule has 0 radical (unpaired) electrons. The molecule has 0 aliphatic carbocycles. The first-order valence-electron chi connectivity index (χ1n) is 4.15. The molecule has 6 heteroatoms. The maximum atomic E-state index is 9.05. The summed E-state index contributed by atoms with van der Waals surface area (Å²) >= 11 is 1.49. The molecule has 1 rings (SSSR count). The number of nitrogens with zero attached hydrogens (tertiary/aromatic N) is 2. The molecule has 1 atom stereocenters. The Bertz CT molecular complexity index is 268. The second kappa shape index (κ2) is 5.79. The van der Waals surface area contributed by atoms with Gasteiger partial charge < -0.3 is 15.9 Å². The highest BCUT2D eigenvalue weighted by Gasteiger charge is 2.02. The van der Waals surface area contributed by atoms with Crippen LogP contribution in [0.4, 0.5) is 5.82 Å². The van der Waals surface area contributed by atoms with Gasteiger partial charge in [-0.2, -0.15) is 11.8 Å². The van der Waals surface area contributed by atoms with E-state index in [1.54, 1.807) is 6.20 Å². The molecule has 14 heavy (non-hydrogen) atoms. The van der Waals surface area contributed by atoms with Crippen LogP contribution < -0.4 is 5.73 Å². The van der Waals surface area contributed by atoms with Gasteiger partial charge in [-0.15, -0.1) is 0 Å². The van der Waals surface area contributed by atoms with Crippen LogP contribution in [0.1, 0.15) is 5.69 Å². The van der Waals surface area contributed by atoms with Crippen LogP contribution >= 0.6 is 11.8 Å². The van der Waals surface area contributed by atoms with Crippen molar-refractivity contribution in [3.8, 4) is 0 Å². The Morgan fingerprint density at radius 1 is 1.43 bits per heavy atom. The minimum Gasteiger partial charge on any atom is -0.394 e. The van der Waals surface area contributed by atoms with E-state index >= 15 is 0 Å². The fourth-order valence-electron chi connectivity index (χ4n) is 0.792. The monoisotopic (exact) mass is 215 g/mol. The predicted molar refractivity (Wildman–Crippen MR) is 55.7 cm³/mol. The van der Waals surface area contributed by atoms with Crippen molar-refractivity contribution in [3.63, 3.8) is 0 Å². The van der Waals surface area contributed by atoms with E-state index in [1.807, 2.05) is 0 Å². The second-order valence-corrected chi connectivity index (χ2v) is 3.81. The molecule has 0 aliphatic heterocycles. The van der Waals surface area contributed by atoms with Gasteiger partial charge in [0.2, 0.25) is 0 Å². The van der Waals surface area contributed by atoms with Crippen LogP contribution in [0.2, 0.25) is 0 Å². The second-order valence-electron chi connectivity index (χ2n) is 2.78. The molecule has 0 spiro atoms. The Balaban J connectivity index is 2.28. The summed E-state index contributed by atoms with van der Waals surface area (Å²) in [4.78, 5) is 7.94. The number of aliphatic hydroxyl groups is 2. The number of thioether (sulfide) groups is 1. The number of nitrogen functional groups attached to an aromatic ring is 1. The van der Waals surface area contributed by atoms with Gasteiger partial charge in [0.15, 0.2) is 0 Å². The van der Waals surface area contributed by atoms with Crippen molar-refractivity contribution in [2.75, 3.05) is 18.1 Å². The third kappa shape index (κ3) is 3.91. The van der Waals surface area contributed by atoms with E-state index in [1.165, 1.54) is 18.0 Å². The van der Waals surface area contributed by atoms with Crippen LogP contribution in [-0.4, -0.2) is 38.6 Å². The molecule has 1 aromatic rings. The van der Waals surface area contributed by atoms with Crippen LogP contribution in [0.25, 0.3) is 0 Å². The van der Waals surface area contributed by atoms with Gasteiger partial charge in [0, 0.05) is 11.5 Å². The van der Waals surface area contributed by atoms with E-state index < -0.39 is 6.10 Å². The van der Waals surface area contributed by atoms with Gasteiger partial charge in [0.25, 0.3) is 0 Å². The van der Waals surface area contributed by atoms with E-state index in [0.717, 1.165) is 5.69 Å². The molecule has 1 heterocycles. The van der Waals surface area contributed by atoms with E-state index in [4.69, 9.17) is 15.9 Å². The lowest BCUT2D eigenvalue weighted by Crippen LogP contribution is -2.14. The number of hydrogen-bond acceptors (Lipinski definition) is 6. The quantitative estimate of drug-likeness (QED) is 0.621. The molecule has 78 valence electrons.